The molecule has 0 aromatic heterocycles. The number of rotatable bonds is 4. The van der Waals surface area contributed by atoms with E-state index in [9.17, 15) is 4.79 Å². The van der Waals surface area contributed by atoms with Crippen LogP contribution in [0, 0.1) is 0 Å². The second-order valence-electron chi connectivity index (χ2n) is 7.32. The number of benzene rings is 2. The summed E-state index contributed by atoms with van der Waals surface area (Å²) in [5.41, 5.74) is 2.08. The Balaban J connectivity index is 1.94. The van der Waals surface area contributed by atoms with Crippen LogP contribution in [0.5, 0.6) is 23.0 Å². The Bertz CT molecular complexity index is 837. The topological polar surface area (TPSA) is 66.0 Å². The molecule has 0 atom stereocenters. The van der Waals surface area contributed by atoms with Crippen LogP contribution in [0.25, 0.3) is 0 Å². The molecule has 0 saturated heterocycles. The molecule has 0 radical (unpaired) electrons. The van der Waals surface area contributed by atoms with E-state index in [0.29, 0.717) is 47.5 Å². The molecular formula is C21H25NO5. The summed E-state index contributed by atoms with van der Waals surface area (Å²) in [6.07, 6.45) is 0. The number of fused-ring (bicyclic) bond motifs is 1. The number of carbonyl (C=O) groups is 1. The molecule has 2 aromatic carbocycles. The lowest BCUT2D eigenvalue weighted by atomic mass is 9.87. The summed E-state index contributed by atoms with van der Waals surface area (Å²) >= 11 is 0. The first kappa shape index (κ1) is 18.9. The van der Waals surface area contributed by atoms with E-state index in [4.69, 9.17) is 18.9 Å². The van der Waals surface area contributed by atoms with E-state index in [-0.39, 0.29) is 11.3 Å². The fraction of sp³-hybridized carbons (Fsp3) is 0.381. The number of carbonyl (C=O) groups excluding carboxylic acids is 1. The van der Waals surface area contributed by atoms with Crippen LogP contribution < -0.4 is 24.3 Å². The van der Waals surface area contributed by atoms with Gasteiger partial charge in [0, 0.05) is 5.56 Å². The molecule has 1 N–H and O–H groups in total. The van der Waals surface area contributed by atoms with Gasteiger partial charge in [0.2, 0.25) is 5.75 Å². The van der Waals surface area contributed by atoms with Crippen molar-refractivity contribution >= 4 is 11.6 Å². The van der Waals surface area contributed by atoms with Gasteiger partial charge < -0.3 is 24.3 Å². The highest BCUT2D eigenvalue weighted by Crippen LogP contribution is 2.40. The first-order valence-corrected chi connectivity index (χ1v) is 8.81. The van der Waals surface area contributed by atoms with Crippen molar-refractivity contribution in [2.45, 2.75) is 26.2 Å². The maximum atomic E-state index is 12.9. The number of nitrogens with one attached hydrogen (secondary N) is 1. The van der Waals surface area contributed by atoms with E-state index in [1.54, 1.807) is 19.2 Å². The monoisotopic (exact) mass is 371 g/mol. The molecular weight excluding hydrogens is 346 g/mol. The van der Waals surface area contributed by atoms with Gasteiger partial charge in [-0.05, 0) is 35.2 Å². The van der Waals surface area contributed by atoms with Crippen molar-refractivity contribution in [3.05, 3.63) is 41.5 Å². The summed E-state index contributed by atoms with van der Waals surface area (Å²) in [4.78, 5) is 12.9. The fourth-order valence-electron chi connectivity index (χ4n) is 2.87. The molecule has 3 rings (SSSR count). The summed E-state index contributed by atoms with van der Waals surface area (Å²) in [6, 6.07) is 9.10. The molecule has 0 spiro atoms. The van der Waals surface area contributed by atoms with Crippen LogP contribution in [-0.4, -0.2) is 33.3 Å². The quantitative estimate of drug-likeness (QED) is 0.879. The predicted molar refractivity (Wildman–Crippen MR) is 104 cm³/mol. The molecule has 0 saturated carbocycles. The van der Waals surface area contributed by atoms with Crippen LogP contribution in [0.3, 0.4) is 0 Å². The van der Waals surface area contributed by atoms with Gasteiger partial charge in [0.25, 0.3) is 5.91 Å². The van der Waals surface area contributed by atoms with Crippen molar-refractivity contribution in [1.82, 2.24) is 0 Å². The van der Waals surface area contributed by atoms with Crippen molar-refractivity contribution in [3.63, 3.8) is 0 Å². The summed E-state index contributed by atoms with van der Waals surface area (Å²) < 4.78 is 21.9. The van der Waals surface area contributed by atoms with Gasteiger partial charge in [0.05, 0.1) is 19.9 Å². The van der Waals surface area contributed by atoms with Crippen LogP contribution in [0.1, 0.15) is 36.7 Å². The molecule has 1 amide bonds. The first-order chi connectivity index (χ1) is 12.8. The van der Waals surface area contributed by atoms with Gasteiger partial charge in [-0.15, -0.1) is 0 Å². The summed E-state index contributed by atoms with van der Waals surface area (Å²) in [5, 5.41) is 2.93. The Morgan fingerprint density at radius 3 is 2.37 bits per heavy atom. The van der Waals surface area contributed by atoms with E-state index in [2.05, 4.69) is 26.1 Å². The number of hydrogen-bond donors (Lipinski definition) is 1. The lowest BCUT2D eigenvalue weighted by Gasteiger charge is -2.22. The lowest BCUT2D eigenvalue weighted by Crippen LogP contribution is -2.18. The van der Waals surface area contributed by atoms with Crippen molar-refractivity contribution in [2.75, 3.05) is 32.8 Å². The molecule has 1 heterocycles. The minimum atomic E-state index is -0.283. The van der Waals surface area contributed by atoms with Crippen molar-refractivity contribution < 1.29 is 23.7 Å². The Morgan fingerprint density at radius 2 is 1.70 bits per heavy atom. The zero-order chi connectivity index (χ0) is 19.6. The Morgan fingerprint density at radius 1 is 1.00 bits per heavy atom. The fourth-order valence-corrected chi connectivity index (χ4v) is 2.87. The summed E-state index contributed by atoms with van der Waals surface area (Å²) in [7, 11) is 3.11. The van der Waals surface area contributed by atoms with Gasteiger partial charge in [-0.25, -0.2) is 0 Å². The number of methoxy groups -OCH3 is 2. The van der Waals surface area contributed by atoms with E-state index in [1.807, 2.05) is 18.2 Å². The Labute approximate surface area is 159 Å². The maximum Gasteiger partial charge on any atom is 0.256 e. The first-order valence-electron chi connectivity index (χ1n) is 8.81. The Kier molecular flexibility index (Phi) is 5.17. The van der Waals surface area contributed by atoms with E-state index < -0.39 is 0 Å². The number of anilines is 1. The predicted octanol–water partition coefficient (Wildman–Crippen LogP) is 4.02. The molecule has 0 fully saturated rings. The van der Waals surface area contributed by atoms with Gasteiger partial charge in [0.1, 0.15) is 19.0 Å². The third-order valence-corrected chi connectivity index (χ3v) is 4.40. The standard InChI is InChI=1S/C21H25NO5/c1-21(2,3)14-6-7-16(24-4)15(12-14)22-20(23)13-10-17(25-5)19-18(11-13)26-8-9-27-19/h6-7,10-12H,8-9H2,1-5H3,(H,22,23). The van der Waals surface area contributed by atoms with Gasteiger partial charge in [0.15, 0.2) is 11.5 Å². The average Bonchev–Trinajstić information content (AvgIpc) is 2.66. The van der Waals surface area contributed by atoms with E-state index in [0.717, 1.165) is 5.56 Å². The normalized spacial score (nSPS) is 13.1. The number of ether oxygens (including phenoxy) is 4. The maximum absolute atomic E-state index is 12.9. The second kappa shape index (κ2) is 7.39. The SMILES string of the molecule is COc1ccc(C(C)(C)C)cc1NC(=O)c1cc(OC)c2c(c1)OCCO2. The summed E-state index contributed by atoms with van der Waals surface area (Å²) in [6.45, 7) is 7.23. The zero-order valence-electron chi connectivity index (χ0n) is 16.3. The second-order valence-corrected chi connectivity index (χ2v) is 7.32. The molecule has 0 bridgehead atoms. The Hall–Kier alpha value is -2.89. The smallest absolute Gasteiger partial charge is 0.256 e. The van der Waals surface area contributed by atoms with Crippen molar-refractivity contribution in [3.8, 4) is 23.0 Å². The largest absolute Gasteiger partial charge is 0.495 e. The van der Waals surface area contributed by atoms with Gasteiger partial charge in [-0.1, -0.05) is 26.8 Å². The molecule has 1 aliphatic heterocycles. The minimum Gasteiger partial charge on any atom is -0.495 e. The van der Waals surface area contributed by atoms with Crippen LogP contribution in [0.15, 0.2) is 30.3 Å². The molecule has 27 heavy (non-hydrogen) atoms. The number of amides is 1. The molecule has 6 nitrogen and oxygen atoms in total. The van der Waals surface area contributed by atoms with Crippen LogP contribution in [-0.2, 0) is 5.41 Å². The highest BCUT2D eigenvalue weighted by atomic mass is 16.6. The third kappa shape index (κ3) is 3.94. The molecule has 1 aliphatic rings. The molecule has 2 aromatic rings. The lowest BCUT2D eigenvalue weighted by molar-refractivity contribution is 0.102. The van der Waals surface area contributed by atoms with Gasteiger partial charge >= 0.3 is 0 Å². The number of hydrogen-bond acceptors (Lipinski definition) is 5. The molecule has 6 heteroatoms. The summed E-state index contributed by atoms with van der Waals surface area (Å²) in [5.74, 6) is 1.80. The zero-order valence-corrected chi connectivity index (χ0v) is 16.3. The van der Waals surface area contributed by atoms with Crippen LogP contribution >= 0.6 is 0 Å². The minimum absolute atomic E-state index is 0.0496. The van der Waals surface area contributed by atoms with E-state index >= 15 is 0 Å². The third-order valence-electron chi connectivity index (χ3n) is 4.40. The van der Waals surface area contributed by atoms with Gasteiger partial charge in [-0.3, -0.25) is 4.79 Å². The van der Waals surface area contributed by atoms with Crippen molar-refractivity contribution in [2.24, 2.45) is 0 Å². The van der Waals surface area contributed by atoms with Gasteiger partial charge in [-0.2, -0.15) is 0 Å². The molecule has 144 valence electrons. The van der Waals surface area contributed by atoms with Crippen molar-refractivity contribution in [1.29, 1.82) is 0 Å². The highest BCUT2D eigenvalue weighted by Gasteiger charge is 2.22. The average molecular weight is 371 g/mol. The van der Waals surface area contributed by atoms with Crippen LogP contribution in [0.2, 0.25) is 0 Å². The molecule has 0 aliphatic carbocycles. The van der Waals surface area contributed by atoms with E-state index in [1.165, 1.54) is 7.11 Å². The van der Waals surface area contributed by atoms with Crippen LogP contribution in [0.4, 0.5) is 5.69 Å². The highest BCUT2D eigenvalue weighted by molar-refractivity contribution is 6.06. The molecule has 0 unspecified atom stereocenters.